The number of benzene rings is 3. The number of carbonyl (C=O) groups is 1. The molecule has 0 aliphatic carbocycles. The van der Waals surface area contributed by atoms with Crippen LogP contribution in [0, 0.1) is 25.0 Å². The first-order chi connectivity index (χ1) is 16.1. The number of nitrogens with zero attached hydrogens (tertiary/aromatic N) is 2. The fraction of sp³-hybridized carbons (Fsp3) is 0. The van der Waals surface area contributed by atoms with Crippen LogP contribution in [0.1, 0.15) is 5.56 Å². The molecule has 3 rings (SSSR count). The molecule has 12 heteroatoms. The summed E-state index contributed by atoms with van der Waals surface area (Å²) in [5, 5.41) is 23.1. The number of non-ortho nitro benzene ring substituents is 1. The second kappa shape index (κ2) is 10.8. The minimum Gasteiger partial charge on any atom is -0.378 e. The van der Waals surface area contributed by atoms with E-state index in [1.807, 2.05) is 6.07 Å². The summed E-state index contributed by atoms with van der Waals surface area (Å²) in [6.45, 7) is 0. The molecule has 1 N–H and O–H groups in total. The summed E-state index contributed by atoms with van der Waals surface area (Å²) in [6, 6.07) is 17.5. The number of hydrogen-bond donors (Lipinski definition) is 1. The molecule has 9 nitrogen and oxygen atoms in total. The van der Waals surface area contributed by atoms with Gasteiger partial charge in [0.25, 0.3) is 11.6 Å². The average Bonchev–Trinajstić information content (AvgIpc) is 2.79. The second-order valence-corrected chi connectivity index (χ2v) is 10.3. The number of amides is 1. The van der Waals surface area contributed by atoms with Crippen LogP contribution in [-0.2, 0) is 14.9 Å². The highest BCUT2D eigenvalue weighted by Crippen LogP contribution is 2.29. The van der Waals surface area contributed by atoms with Crippen LogP contribution in [0.4, 0.5) is 11.4 Å². The molecule has 0 saturated carbocycles. The predicted octanol–water partition coefficient (Wildman–Crippen LogP) is 5.28. The fourth-order valence-electron chi connectivity index (χ4n) is 2.70. The van der Waals surface area contributed by atoms with Crippen molar-refractivity contribution < 1.29 is 22.3 Å². The molecular weight excluding hydrogens is 641 g/mol. The van der Waals surface area contributed by atoms with Crippen molar-refractivity contribution in [2.75, 3.05) is 5.32 Å². The average molecular weight is 654 g/mol. The number of nitro benzene ring substituents is 1. The molecule has 3 aromatic carbocycles. The zero-order valence-electron chi connectivity index (χ0n) is 16.9. The van der Waals surface area contributed by atoms with Crippen LogP contribution in [-0.4, -0.2) is 19.2 Å². The van der Waals surface area contributed by atoms with Crippen molar-refractivity contribution in [3.8, 4) is 11.8 Å². The van der Waals surface area contributed by atoms with Gasteiger partial charge in [0, 0.05) is 31.4 Å². The maximum Gasteiger partial charge on any atom is 0.339 e. The Morgan fingerprint density at radius 2 is 1.88 bits per heavy atom. The van der Waals surface area contributed by atoms with Crippen LogP contribution in [0.2, 0.25) is 0 Å². The topological polar surface area (TPSA) is 139 Å². The molecule has 0 saturated heterocycles. The molecule has 34 heavy (non-hydrogen) atoms. The molecule has 0 aromatic heterocycles. The Morgan fingerprint density at radius 1 is 1.15 bits per heavy atom. The highest BCUT2D eigenvalue weighted by Gasteiger charge is 2.22. The number of anilines is 1. The van der Waals surface area contributed by atoms with Gasteiger partial charge >= 0.3 is 10.1 Å². The highest BCUT2D eigenvalue weighted by atomic mass is 127. The summed E-state index contributed by atoms with van der Waals surface area (Å²) in [4.78, 5) is 22.5. The van der Waals surface area contributed by atoms with Gasteiger partial charge in [0.2, 0.25) is 0 Å². The molecule has 1 amide bonds. The molecule has 0 bridgehead atoms. The minimum atomic E-state index is -4.45. The standard InChI is InChI=1S/C22H13BrIN3O6S/c23-16-7-8-21(33-34(31,32)20-6-2-5-19(12-20)27(29)30)14(10-16)9-15(13-25)22(28)26-18-4-1-3-17(24)11-18/h1-12H,(H,26,28)/b15-9+. The van der Waals surface area contributed by atoms with Gasteiger partial charge in [-0.15, -0.1) is 0 Å². The van der Waals surface area contributed by atoms with E-state index >= 15 is 0 Å². The summed E-state index contributed by atoms with van der Waals surface area (Å²) in [5.74, 6) is -0.874. The third-order valence-electron chi connectivity index (χ3n) is 4.24. The quantitative estimate of drug-likeness (QED) is 0.0914. The van der Waals surface area contributed by atoms with Gasteiger partial charge in [0.15, 0.2) is 0 Å². The van der Waals surface area contributed by atoms with E-state index in [1.54, 1.807) is 24.3 Å². The first-order valence-electron chi connectivity index (χ1n) is 9.26. The van der Waals surface area contributed by atoms with Gasteiger partial charge in [0.05, 0.1) is 4.92 Å². The van der Waals surface area contributed by atoms with Crippen LogP contribution >= 0.6 is 38.5 Å². The van der Waals surface area contributed by atoms with E-state index in [-0.39, 0.29) is 16.9 Å². The van der Waals surface area contributed by atoms with Crippen molar-refractivity contribution >= 4 is 72.0 Å². The lowest BCUT2D eigenvalue weighted by molar-refractivity contribution is -0.385. The maximum absolute atomic E-state index is 12.8. The summed E-state index contributed by atoms with van der Waals surface area (Å²) in [7, 11) is -4.45. The van der Waals surface area contributed by atoms with Crippen LogP contribution in [0.15, 0.2) is 81.7 Å². The molecule has 0 fully saturated rings. The van der Waals surface area contributed by atoms with Gasteiger partial charge in [-0.25, -0.2) is 0 Å². The van der Waals surface area contributed by atoms with Gasteiger partial charge in [-0.1, -0.05) is 28.1 Å². The first kappa shape index (κ1) is 25.3. The third-order valence-corrected chi connectivity index (χ3v) is 6.63. The smallest absolute Gasteiger partial charge is 0.339 e. The Bertz CT molecular complexity index is 1470. The Morgan fingerprint density at radius 3 is 2.56 bits per heavy atom. The predicted molar refractivity (Wildman–Crippen MR) is 136 cm³/mol. The molecular formula is C22H13BrIN3O6S. The molecule has 172 valence electrons. The van der Waals surface area contributed by atoms with Gasteiger partial charge in [-0.2, -0.15) is 13.7 Å². The van der Waals surface area contributed by atoms with Crippen molar-refractivity contribution in [3.05, 3.63) is 96.0 Å². The van der Waals surface area contributed by atoms with Crippen molar-refractivity contribution in [2.24, 2.45) is 0 Å². The lowest BCUT2D eigenvalue weighted by Gasteiger charge is -2.11. The molecule has 0 aliphatic rings. The second-order valence-electron chi connectivity index (χ2n) is 6.61. The zero-order chi connectivity index (χ0) is 24.9. The molecule has 0 spiro atoms. The Labute approximate surface area is 216 Å². The lowest BCUT2D eigenvalue weighted by Crippen LogP contribution is -2.14. The zero-order valence-corrected chi connectivity index (χ0v) is 21.5. The SMILES string of the molecule is N#C/C(=C\c1cc(Br)ccc1OS(=O)(=O)c1cccc([N+](=O)[O-])c1)C(=O)Nc1cccc(I)c1. The monoisotopic (exact) mass is 653 g/mol. The highest BCUT2D eigenvalue weighted by molar-refractivity contribution is 14.1. The molecule has 3 aromatic rings. The molecule has 0 unspecified atom stereocenters. The fourth-order valence-corrected chi connectivity index (χ4v) is 4.61. The Balaban J connectivity index is 1.96. The molecule has 0 radical (unpaired) electrons. The summed E-state index contributed by atoms with van der Waals surface area (Å²) in [5.41, 5.74) is -0.107. The van der Waals surface area contributed by atoms with Crippen LogP contribution in [0.5, 0.6) is 5.75 Å². The largest absolute Gasteiger partial charge is 0.378 e. The summed E-state index contributed by atoms with van der Waals surface area (Å²) < 4.78 is 32.1. The summed E-state index contributed by atoms with van der Waals surface area (Å²) >= 11 is 5.34. The van der Waals surface area contributed by atoms with E-state index in [2.05, 4.69) is 43.8 Å². The van der Waals surface area contributed by atoms with Gasteiger partial charge in [0.1, 0.15) is 22.3 Å². The van der Waals surface area contributed by atoms with E-state index in [0.717, 1.165) is 21.8 Å². The maximum atomic E-state index is 12.8. The molecule has 0 heterocycles. The number of rotatable bonds is 7. The van der Waals surface area contributed by atoms with E-state index < -0.39 is 31.5 Å². The van der Waals surface area contributed by atoms with Gasteiger partial charge in [-0.05, 0) is 71.1 Å². The van der Waals surface area contributed by atoms with Crippen LogP contribution < -0.4 is 9.50 Å². The van der Waals surface area contributed by atoms with E-state index in [0.29, 0.717) is 10.2 Å². The van der Waals surface area contributed by atoms with Crippen LogP contribution in [0.25, 0.3) is 6.08 Å². The van der Waals surface area contributed by atoms with Crippen molar-refractivity contribution in [1.82, 2.24) is 0 Å². The number of nitro groups is 1. The van der Waals surface area contributed by atoms with Gasteiger partial charge < -0.3 is 9.50 Å². The first-order valence-corrected chi connectivity index (χ1v) is 12.5. The van der Waals surface area contributed by atoms with Crippen LogP contribution in [0.3, 0.4) is 0 Å². The molecule has 0 aliphatic heterocycles. The number of nitriles is 1. The van der Waals surface area contributed by atoms with E-state index in [1.165, 1.54) is 30.3 Å². The number of halogens is 2. The van der Waals surface area contributed by atoms with Crippen molar-refractivity contribution in [3.63, 3.8) is 0 Å². The normalized spacial score (nSPS) is 11.4. The number of hydrogen-bond acceptors (Lipinski definition) is 7. The van der Waals surface area contributed by atoms with Crippen molar-refractivity contribution in [2.45, 2.75) is 4.90 Å². The molecule has 0 atom stereocenters. The van der Waals surface area contributed by atoms with E-state index in [4.69, 9.17) is 4.18 Å². The van der Waals surface area contributed by atoms with Crippen molar-refractivity contribution in [1.29, 1.82) is 5.26 Å². The third kappa shape index (κ3) is 6.40. The Kier molecular flexibility index (Phi) is 8.02. The number of nitrogens with one attached hydrogen (secondary N) is 1. The minimum absolute atomic E-state index is 0.123. The summed E-state index contributed by atoms with van der Waals surface area (Å²) in [6.07, 6.45) is 1.19. The van der Waals surface area contributed by atoms with E-state index in [9.17, 15) is 28.6 Å². The van der Waals surface area contributed by atoms with Gasteiger partial charge in [-0.3, -0.25) is 14.9 Å². The Hall–Kier alpha value is -3.28. The lowest BCUT2D eigenvalue weighted by atomic mass is 10.1. The number of carbonyl (C=O) groups excluding carboxylic acids is 1.